The van der Waals surface area contributed by atoms with Crippen LogP contribution in [0.15, 0.2) is 48.5 Å². The van der Waals surface area contributed by atoms with Crippen molar-refractivity contribution in [1.29, 1.82) is 0 Å². The number of aryl methyl sites for hydroxylation is 2. The molecule has 2 N–H and O–H groups in total. The van der Waals surface area contributed by atoms with Crippen molar-refractivity contribution in [3.05, 3.63) is 81.6 Å². The second-order valence-electron chi connectivity index (χ2n) is 6.42. The highest BCUT2D eigenvalue weighted by Gasteiger charge is 2.13. The van der Waals surface area contributed by atoms with Crippen LogP contribution in [0.4, 0.5) is 11.6 Å². The van der Waals surface area contributed by atoms with Gasteiger partial charge in [0.2, 0.25) is 5.95 Å². The van der Waals surface area contributed by atoms with E-state index in [-0.39, 0.29) is 5.91 Å². The topological polar surface area (TPSA) is 66.9 Å². The molecule has 0 spiro atoms. The van der Waals surface area contributed by atoms with Crippen molar-refractivity contribution < 1.29 is 4.79 Å². The summed E-state index contributed by atoms with van der Waals surface area (Å²) in [7, 11) is 0. The summed E-state index contributed by atoms with van der Waals surface area (Å²) in [4.78, 5) is 21.3. The van der Waals surface area contributed by atoms with Gasteiger partial charge in [-0.1, -0.05) is 47.5 Å². The first-order valence-electron chi connectivity index (χ1n) is 8.64. The molecule has 1 amide bonds. The van der Waals surface area contributed by atoms with Gasteiger partial charge in [0.15, 0.2) is 0 Å². The minimum Gasteiger partial charge on any atom is -0.350 e. The first kappa shape index (κ1) is 18.9. The van der Waals surface area contributed by atoms with E-state index in [1.807, 2.05) is 39.0 Å². The molecule has 27 heavy (non-hydrogen) atoms. The predicted molar refractivity (Wildman–Crippen MR) is 109 cm³/mol. The molecule has 0 saturated carbocycles. The Labute approximate surface area is 163 Å². The highest BCUT2D eigenvalue weighted by Crippen LogP contribution is 2.23. The number of amides is 1. The minimum atomic E-state index is -0.302. The van der Waals surface area contributed by atoms with Gasteiger partial charge in [0.1, 0.15) is 5.69 Å². The van der Waals surface area contributed by atoms with E-state index in [1.54, 1.807) is 18.2 Å². The number of anilines is 2. The van der Waals surface area contributed by atoms with Crippen LogP contribution in [-0.2, 0) is 6.54 Å². The molecular weight excluding hydrogens is 360 g/mol. The Kier molecular flexibility index (Phi) is 5.72. The fraction of sp³-hybridized carbons (Fsp3) is 0.190. The summed E-state index contributed by atoms with van der Waals surface area (Å²) in [6, 6.07) is 15.3. The van der Waals surface area contributed by atoms with Crippen LogP contribution in [0, 0.1) is 20.8 Å². The van der Waals surface area contributed by atoms with Gasteiger partial charge in [-0.2, -0.15) is 0 Å². The Balaban J connectivity index is 1.75. The van der Waals surface area contributed by atoms with Crippen molar-refractivity contribution in [2.45, 2.75) is 27.3 Å². The molecule has 138 valence electrons. The lowest BCUT2D eigenvalue weighted by atomic mass is 10.1. The van der Waals surface area contributed by atoms with Crippen LogP contribution in [-0.4, -0.2) is 15.9 Å². The zero-order valence-electron chi connectivity index (χ0n) is 15.5. The zero-order chi connectivity index (χ0) is 19.4. The summed E-state index contributed by atoms with van der Waals surface area (Å²) in [5, 5.41) is 6.64. The second kappa shape index (κ2) is 8.18. The molecule has 0 saturated heterocycles. The molecule has 0 aliphatic heterocycles. The number of hydrogen-bond donors (Lipinski definition) is 2. The fourth-order valence-electron chi connectivity index (χ4n) is 2.58. The van der Waals surface area contributed by atoms with E-state index >= 15 is 0 Å². The van der Waals surface area contributed by atoms with E-state index in [0.29, 0.717) is 34.6 Å². The first-order valence-corrected chi connectivity index (χ1v) is 9.02. The van der Waals surface area contributed by atoms with Crippen molar-refractivity contribution in [2.24, 2.45) is 0 Å². The van der Waals surface area contributed by atoms with Crippen molar-refractivity contribution in [3.8, 4) is 0 Å². The summed E-state index contributed by atoms with van der Waals surface area (Å²) in [6.07, 6.45) is 0. The summed E-state index contributed by atoms with van der Waals surface area (Å²) in [5.41, 5.74) is 4.82. The Morgan fingerprint density at radius 1 is 1.04 bits per heavy atom. The average molecular weight is 381 g/mol. The predicted octanol–water partition coefficient (Wildman–Crippen LogP) is 4.92. The van der Waals surface area contributed by atoms with Crippen LogP contribution in [0.1, 0.15) is 32.9 Å². The number of rotatable bonds is 5. The van der Waals surface area contributed by atoms with Crippen molar-refractivity contribution in [2.75, 3.05) is 10.6 Å². The highest BCUT2D eigenvalue weighted by molar-refractivity contribution is 6.31. The number of halogens is 1. The number of nitrogens with zero attached hydrogens (tertiary/aromatic N) is 2. The molecule has 3 aromatic rings. The van der Waals surface area contributed by atoms with Gasteiger partial charge in [0.05, 0.1) is 0 Å². The van der Waals surface area contributed by atoms with E-state index in [1.165, 1.54) is 5.56 Å². The average Bonchev–Trinajstić information content (AvgIpc) is 2.64. The smallest absolute Gasteiger partial charge is 0.274 e. The van der Waals surface area contributed by atoms with Crippen molar-refractivity contribution in [3.63, 3.8) is 0 Å². The monoisotopic (exact) mass is 380 g/mol. The highest BCUT2D eigenvalue weighted by atomic mass is 35.5. The van der Waals surface area contributed by atoms with Crippen LogP contribution in [0.3, 0.4) is 0 Å². The SMILES string of the molecule is Cc1ccc(CNc2nc(C)cc(C(=O)Nc3cccc(Cl)c3C)n2)cc1. The van der Waals surface area contributed by atoms with Crippen LogP contribution in [0.5, 0.6) is 0 Å². The largest absolute Gasteiger partial charge is 0.350 e. The number of aromatic nitrogens is 2. The molecule has 0 unspecified atom stereocenters. The molecule has 0 aliphatic carbocycles. The maximum atomic E-state index is 12.6. The lowest BCUT2D eigenvalue weighted by Gasteiger charge is -2.11. The van der Waals surface area contributed by atoms with Crippen LogP contribution in [0.25, 0.3) is 0 Å². The third-order valence-electron chi connectivity index (χ3n) is 4.17. The Hall–Kier alpha value is -2.92. The van der Waals surface area contributed by atoms with Crippen molar-refractivity contribution >= 4 is 29.1 Å². The second-order valence-corrected chi connectivity index (χ2v) is 6.83. The van der Waals surface area contributed by atoms with Crippen LogP contribution in [0.2, 0.25) is 5.02 Å². The standard InChI is InChI=1S/C21H21ClN4O/c1-13-7-9-16(10-8-13)12-23-21-24-14(2)11-19(26-21)20(27)25-18-6-4-5-17(22)15(18)3/h4-11H,12H2,1-3H3,(H,25,27)(H,23,24,26). The molecule has 0 radical (unpaired) electrons. The molecule has 3 rings (SSSR count). The third-order valence-corrected chi connectivity index (χ3v) is 4.58. The van der Waals surface area contributed by atoms with Gasteiger partial charge >= 0.3 is 0 Å². The fourth-order valence-corrected chi connectivity index (χ4v) is 2.75. The van der Waals surface area contributed by atoms with Crippen LogP contribution >= 0.6 is 11.6 Å². The van der Waals surface area contributed by atoms with Gasteiger partial charge in [0, 0.05) is 22.9 Å². The maximum Gasteiger partial charge on any atom is 0.274 e. The summed E-state index contributed by atoms with van der Waals surface area (Å²) < 4.78 is 0. The Morgan fingerprint density at radius 2 is 1.78 bits per heavy atom. The normalized spacial score (nSPS) is 10.5. The number of nitrogens with one attached hydrogen (secondary N) is 2. The molecule has 6 heteroatoms. The van der Waals surface area contributed by atoms with E-state index < -0.39 is 0 Å². The lowest BCUT2D eigenvalue weighted by molar-refractivity contribution is 0.102. The molecule has 0 aliphatic rings. The molecule has 0 bridgehead atoms. The van der Waals surface area contributed by atoms with E-state index in [2.05, 4.69) is 32.7 Å². The van der Waals surface area contributed by atoms with E-state index in [4.69, 9.17) is 11.6 Å². The summed E-state index contributed by atoms with van der Waals surface area (Å²) in [6.45, 7) is 6.32. The zero-order valence-corrected chi connectivity index (χ0v) is 16.3. The van der Waals surface area contributed by atoms with Crippen LogP contribution < -0.4 is 10.6 Å². The quantitative estimate of drug-likeness (QED) is 0.659. The van der Waals surface area contributed by atoms with Gasteiger partial charge in [-0.15, -0.1) is 0 Å². The molecule has 1 heterocycles. The van der Waals surface area contributed by atoms with Gasteiger partial charge in [-0.3, -0.25) is 4.79 Å². The molecule has 2 aromatic carbocycles. The third kappa shape index (κ3) is 4.83. The number of carbonyl (C=O) groups excluding carboxylic acids is 1. The number of hydrogen-bond acceptors (Lipinski definition) is 4. The van der Waals surface area contributed by atoms with Gasteiger partial charge in [-0.25, -0.2) is 9.97 Å². The molecular formula is C21H21ClN4O. The van der Waals surface area contributed by atoms with E-state index in [9.17, 15) is 4.79 Å². The molecule has 1 aromatic heterocycles. The van der Waals surface area contributed by atoms with Gasteiger partial charge < -0.3 is 10.6 Å². The Morgan fingerprint density at radius 3 is 2.52 bits per heavy atom. The van der Waals surface area contributed by atoms with Crippen molar-refractivity contribution in [1.82, 2.24) is 9.97 Å². The number of carbonyl (C=O) groups is 1. The molecule has 0 atom stereocenters. The minimum absolute atomic E-state index is 0.299. The maximum absolute atomic E-state index is 12.6. The molecule has 0 fully saturated rings. The lowest BCUT2D eigenvalue weighted by Crippen LogP contribution is -2.16. The number of benzene rings is 2. The summed E-state index contributed by atoms with van der Waals surface area (Å²) in [5.74, 6) is 0.118. The van der Waals surface area contributed by atoms with Gasteiger partial charge in [-0.05, 0) is 50.1 Å². The summed E-state index contributed by atoms with van der Waals surface area (Å²) >= 11 is 6.12. The Bertz CT molecular complexity index is 970. The molecule has 5 nitrogen and oxygen atoms in total. The van der Waals surface area contributed by atoms with Gasteiger partial charge in [0.25, 0.3) is 5.91 Å². The first-order chi connectivity index (χ1) is 12.9. The van der Waals surface area contributed by atoms with E-state index in [0.717, 1.165) is 11.1 Å².